The van der Waals surface area contributed by atoms with Gasteiger partial charge in [-0.05, 0) is 49.7 Å². The average molecular weight is 460 g/mol. The van der Waals surface area contributed by atoms with Crippen LogP contribution in [0.4, 0.5) is 11.4 Å². The first kappa shape index (κ1) is 23.0. The highest BCUT2D eigenvalue weighted by molar-refractivity contribution is 6.06. The van der Waals surface area contributed by atoms with E-state index in [1.807, 2.05) is 19.1 Å². The predicted molar refractivity (Wildman–Crippen MR) is 129 cm³/mol. The molecule has 0 fully saturated rings. The van der Waals surface area contributed by atoms with E-state index >= 15 is 0 Å². The molecule has 0 unspecified atom stereocenters. The molecule has 2 heterocycles. The summed E-state index contributed by atoms with van der Waals surface area (Å²) in [6, 6.07) is 14.3. The first-order valence-corrected chi connectivity index (χ1v) is 10.6. The van der Waals surface area contributed by atoms with Gasteiger partial charge in [-0.2, -0.15) is 0 Å². The van der Waals surface area contributed by atoms with E-state index in [4.69, 9.17) is 13.9 Å². The van der Waals surface area contributed by atoms with Crippen LogP contribution >= 0.6 is 0 Å². The normalized spacial score (nSPS) is 11.5. The fourth-order valence-corrected chi connectivity index (χ4v) is 3.57. The summed E-state index contributed by atoms with van der Waals surface area (Å²) >= 11 is 0. The molecule has 2 aromatic heterocycles. The third-order valence-corrected chi connectivity index (χ3v) is 5.35. The number of amides is 1. The number of aryl methyl sites for hydroxylation is 2. The van der Waals surface area contributed by atoms with E-state index in [1.165, 1.54) is 0 Å². The number of pyridine rings is 1. The van der Waals surface area contributed by atoms with Crippen LogP contribution in [0.25, 0.3) is 11.0 Å². The van der Waals surface area contributed by atoms with Gasteiger partial charge in [-0.3, -0.25) is 9.78 Å². The zero-order chi connectivity index (χ0) is 24.2. The largest absolute Gasteiger partial charge is 0.497 e. The number of rotatable bonds is 6. The number of nitrogens with one attached hydrogen (secondary N) is 1. The minimum atomic E-state index is -0.436. The monoisotopic (exact) mass is 459 g/mol. The number of hydrogen-bond donors (Lipinski definition) is 2. The van der Waals surface area contributed by atoms with Gasteiger partial charge in [0.25, 0.3) is 5.91 Å². The van der Waals surface area contributed by atoms with Crippen LogP contribution in [0.3, 0.4) is 0 Å². The second-order valence-corrected chi connectivity index (χ2v) is 7.71. The van der Waals surface area contributed by atoms with E-state index < -0.39 is 5.91 Å². The Balaban J connectivity index is 1.93. The molecule has 0 aliphatic carbocycles. The van der Waals surface area contributed by atoms with Crippen molar-refractivity contribution in [2.75, 3.05) is 19.5 Å². The first-order chi connectivity index (χ1) is 16.4. The van der Waals surface area contributed by atoms with E-state index in [0.717, 1.165) is 5.56 Å². The van der Waals surface area contributed by atoms with Crippen LogP contribution in [0.15, 0.2) is 64.1 Å². The van der Waals surface area contributed by atoms with Crippen LogP contribution < -0.4 is 20.3 Å². The van der Waals surface area contributed by atoms with Gasteiger partial charge in [0.15, 0.2) is 5.58 Å². The lowest BCUT2D eigenvalue weighted by atomic mass is 10.1. The van der Waals surface area contributed by atoms with Crippen molar-refractivity contribution < 1.29 is 23.8 Å². The van der Waals surface area contributed by atoms with Crippen LogP contribution in [0.2, 0.25) is 0 Å². The molecule has 0 saturated heterocycles. The van der Waals surface area contributed by atoms with Crippen LogP contribution in [0.5, 0.6) is 11.5 Å². The number of fused-ring (bicyclic) bond motifs is 1. The van der Waals surface area contributed by atoms with E-state index in [-0.39, 0.29) is 17.7 Å². The molecule has 8 heteroatoms. The van der Waals surface area contributed by atoms with Gasteiger partial charge in [0, 0.05) is 23.2 Å². The summed E-state index contributed by atoms with van der Waals surface area (Å²) in [4.78, 5) is 22.4. The number of carbonyl (C=O) groups excluding carboxylic acids is 1. The van der Waals surface area contributed by atoms with Crippen molar-refractivity contribution in [2.45, 2.75) is 20.5 Å². The molecule has 0 saturated carbocycles. The summed E-state index contributed by atoms with van der Waals surface area (Å²) in [5.74, 6) is 0.714. The molecule has 0 aliphatic heterocycles. The van der Waals surface area contributed by atoms with Crippen molar-refractivity contribution in [3.63, 3.8) is 0 Å². The van der Waals surface area contributed by atoms with E-state index in [2.05, 4.69) is 15.3 Å². The van der Waals surface area contributed by atoms with Gasteiger partial charge < -0.3 is 24.3 Å². The molecule has 1 amide bonds. The Morgan fingerprint density at radius 3 is 2.68 bits per heavy atom. The number of nitrogens with zero attached hydrogens (tertiary/aromatic N) is 2. The lowest BCUT2D eigenvalue weighted by Crippen LogP contribution is -2.22. The number of aliphatic hydroxyl groups is 1. The van der Waals surface area contributed by atoms with Crippen molar-refractivity contribution >= 4 is 28.3 Å². The smallest absolute Gasteiger partial charge is 0.261 e. The summed E-state index contributed by atoms with van der Waals surface area (Å²) < 4.78 is 16.8. The summed E-state index contributed by atoms with van der Waals surface area (Å²) in [5.41, 5.74) is 3.93. The molecule has 4 aromatic rings. The van der Waals surface area contributed by atoms with E-state index in [1.54, 1.807) is 63.7 Å². The molecular formula is C26H25N3O5. The molecule has 8 nitrogen and oxygen atoms in total. The zero-order valence-electron chi connectivity index (χ0n) is 19.4. The van der Waals surface area contributed by atoms with Gasteiger partial charge >= 0.3 is 0 Å². The number of hydrogen-bond acceptors (Lipinski definition) is 7. The van der Waals surface area contributed by atoms with Gasteiger partial charge in [-0.15, -0.1) is 0 Å². The highest BCUT2D eigenvalue weighted by Crippen LogP contribution is 2.27. The molecule has 174 valence electrons. The van der Waals surface area contributed by atoms with Gasteiger partial charge in [0.2, 0.25) is 5.55 Å². The molecule has 34 heavy (non-hydrogen) atoms. The molecule has 2 aromatic carbocycles. The first-order valence-electron chi connectivity index (χ1n) is 10.6. The van der Waals surface area contributed by atoms with E-state index in [0.29, 0.717) is 45.1 Å². The Labute approximate surface area is 196 Å². The molecule has 0 radical (unpaired) electrons. The number of ether oxygens (including phenoxy) is 2. The van der Waals surface area contributed by atoms with Crippen molar-refractivity contribution in [3.05, 3.63) is 82.7 Å². The average Bonchev–Trinajstić information content (AvgIpc) is 2.84. The number of methoxy groups -OCH3 is 2. The van der Waals surface area contributed by atoms with E-state index in [9.17, 15) is 9.90 Å². The van der Waals surface area contributed by atoms with Gasteiger partial charge in [0.05, 0.1) is 37.9 Å². The standard InChI is InChI=1S/C26H25N3O5/c1-15-8-9-23(33-4)22(10-15)29-25(31)21-12-20-17(14-30)13-27-16(2)24(20)34-26(21)28-18-6-5-7-19(11-18)32-3/h5-13,30H,14H2,1-4H3,(H,29,31). The Morgan fingerprint density at radius 2 is 1.94 bits per heavy atom. The maximum atomic E-state index is 13.5. The van der Waals surface area contributed by atoms with Crippen molar-refractivity contribution in [1.82, 2.24) is 4.98 Å². The van der Waals surface area contributed by atoms with Gasteiger partial charge in [-0.1, -0.05) is 12.1 Å². The molecular weight excluding hydrogens is 434 g/mol. The third-order valence-electron chi connectivity index (χ3n) is 5.35. The molecule has 0 spiro atoms. The fraction of sp³-hybridized carbons (Fsp3) is 0.192. The topological polar surface area (TPSA) is 106 Å². The Bertz CT molecular complexity index is 1440. The lowest BCUT2D eigenvalue weighted by Gasteiger charge is -2.12. The fourth-order valence-electron chi connectivity index (χ4n) is 3.57. The number of anilines is 1. The highest BCUT2D eigenvalue weighted by Gasteiger charge is 2.18. The second kappa shape index (κ2) is 9.76. The summed E-state index contributed by atoms with van der Waals surface area (Å²) in [5, 5.41) is 13.3. The van der Waals surface area contributed by atoms with Gasteiger partial charge in [-0.25, -0.2) is 4.99 Å². The molecule has 4 rings (SSSR count). The number of aliphatic hydroxyl groups excluding tert-OH is 1. The predicted octanol–water partition coefficient (Wildman–Crippen LogP) is 4.44. The number of aromatic nitrogens is 1. The van der Waals surface area contributed by atoms with Crippen LogP contribution in [0, 0.1) is 13.8 Å². The maximum absolute atomic E-state index is 13.5. The van der Waals surface area contributed by atoms with Crippen molar-refractivity contribution in [1.29, 1.82) is 0 Å². The Kier molecular flexibility index (Phi) is 6.60. The minimum Gasteiger partial charge on any atom is -0.497 e. The van der Waals surface area contributed by atoms with Gasteiger partial charge in [0.1, 0.15) is 17.1 Å². The number of benzene rings is 2. The second-order valence-electron chi connectivity index (χ2n) is 7.71. The Hall–Kier alpha value is -4.17. The summed E-state index contributed by atoms with van der Waals surface area (Å²) in [7, 11) is 3.11. The summed E-state index contributed by atoms with van der Waals surface area (Å²) in [6.07, 6.45) is 1.57. The SMILES string of the molecule is COc1cccc(N=c2oc3c(C)ncc(CO)c3cc2C(=O)Nc2cc(C)ccc2OC)c1. The summed E-state index contributed by atoms with van der Waals surface area (Å²) in [6.45, 7) is 3.46. The molecule has 0 aliphatic rings. The minimum absolute atomic E-state index is 0.102. The van der Waals surface area contributed by atoms with Crippen LogP contribution in [-0.2, 0) is 6.61 Å². The molecule has 2 N–H and O–H groups in total. The van der Waals surface area contributed by atoms with Crippen LogP contribution in [0.1, 0.15) is 27.2 Å². The van der Waals surface area contributed by atoms with Crippen molar-refractivity contribution in [2.24, 2.45) is 4.99 Å². The quantitative estimate of drug-likeness (QED) is 0.442. The maximum Gasteiger partial charge on any atom is 0.261 e. The van der Waals surface area contributed by atoms with Crippen molar-refractivity contribution in [3.8, 4) is 11.5 Å². The van der Waals surface area contributed by atoms with Crippen LogP contribution in [-0.4, -0.2) is 30.2 Å². The number of carbonyl (C=O) groups is 1. The third kappa shape index (κ3) is 4.62. The zero-order valence-corrected chi connectivity index (χ0v) is 19.4. The Morgan fingerprint density at radius 1 is 1.12 bits per heavy atom. The lowest BCUT2D eigenvalue weighted by molar-refractivity contribution is 0.102. The highest BCUT2D eigenvalue weighted by atomic mass is 16.5. The molecule has 0 atom stereocenters. The molecule has 0 bridgehead atoms.